The first-order chi connectivity index (χ1) is 9.02. The van der Waals surface area contributed by atoms with Gasteiger partial charge in [-0.1, -0.05) is 12.1 Å². The van der Waals surface area contributed by atoms with Gasteiger partial charge in [0, 0.05) is 11.1 Å². The molecule has 0 radical (unpaired) electrons. The Morgan fingerprint density at radius 2 is 1.32 bits per heavy atom. The molecule has 0 fully saturated rings. The van der Waals surface area contributed by atoms with Crippen molar-refractivity contribution in [3.8, 4) is 0 Å². The van der Waals surface area contributed by atoms with Gasteiger partial charge in [-0.05, 0) is 18.2 Å². The summed E-state index contributed by atoms with van der Waals surface area (Å²) in [4.78, 5) is 48.0. The van der Waals surface area contributed by atoms with E-state index in [0.717, 1.165) is 12.1 Å². The van der Waals surface area contributed by atoms with Crippen molar-refractivity contribution >= 4 is 16.5 Å². The zero-order valence-electron chi connectivity index (χ0n) is 9.60. The van der Waals surface area contributed by atoms with Crippen LogP contribution in [-0.4, -0.2) is 0 Å². The summed E-state index contributed by atoms with van der Waals surface area (Å²) in [5, 5.41) is -0.651. The summed E-state index contributed by atoms with van der Waals surface area (Å²) in [5.41, 5.74) is 3.26. The van der Waals surface area contributed by atoms with E-state index in [0.29, 0.717) is 0 Å². The van der Waals surface area contributed by atoms with Crippen LogP contribution in [0.5, 0.6) is 0 Å². The number of anilines is 1. The zero-order chi connectivity index (χ0) is 13.7. The molecule has 0 saturated heterocycles. The van der Waals surface area contributed by atoms with Gasteiger partial charge in [0.1, 0.15) is 0 Å². The molecule has 5 nitrogen and oxygen atoms in total. The van der Waals surface area contributed by atoms with E-state index < -0.39 is 21.7 Å². The molecule has 1 aromatic carbocycles. The van der Waals surface area contributed by atoms with E-state index >= 15 is 0 Å². The van der Waals surface area contributed by atoms with Crippen molar-refractivity contribution in [1.82, 2.24) is 0 Å². The Labute approximate surface area is 104 Å². The van der Waals surface area contributed by atoms with Crippen molar-refractivity contribution in [1.29, 1.82) is 0 Å². The third-order valence-electron chi connectivity index (χ3n) is 3.15. The summed E-state index contributed by atoms with van der Waals surface area (Å²) in [6, 6.07) is 6.42. The van der Waals surface area contributed by atoms with Gasteiger partial charge in [0.2, 0.25) is 5.43 Å². The summed E-state index contributed by atoms with van der Waals surface area (Å²) in [7, 11) is 0. The van der Waals surface area contributed by atoms with Crippen LogP contribution in [0, 0.1) is 10.4 Å². The van der Waals surface area contributed by atoms with E-state index in [2.05, 4.69) is 0 Å². The van der Waals surface area contributed by atoms with Crippen LogP contribution >= 0.6 is 0 Å². The third kappa shape index (κ3) is 1.35. The lowest BCUT2D eigenvalue weighted by atomic mass is 10.0. The van der Waals surface area contributed by atoms with Crippen LogP contribution in [0.1, 0.15) is 0 Å². The molecule has 0 saturated carbocycles. The minimum atomic E-state index is -0.662. The van der Waals surface area contributed by atoms with Crippen LogP contribution in [0.4, 0.5) is 5.69 Å². The molecule has 0 heterocycles. The Morgan fingerprint density at radius 1 is 0.737 bits per heavy atom. The second-order valence-electron chi connectivity index (χ2n) is 4.24. The molecule has 0 aromatic heterocycles. The van der Waals surface area contributed by atoms with Crippen molar-refractivity contribution in [2.24, 2.45) is 0 Å². The summed E-state index contributed by atoms with van der Waals surface area (Å²) in [6.07, 6.45) is 0. The highest BCUT2D eigenvalue weighted by molar-refractivity contribution is 5.92. The second-order valence-corrected chi connectivity index (χ2v) is 4.24. The maximum absolute atomic E-state index is 12.3. The third-order valence-corrected chi connectivity index (χ3v) is 3.15. The van der Waals surface area contributed by atoms with Crippen LogP contribution in [0.15, 0.2) is 49.5 Å². The molecular weight excluding hydrogens is 246 g/mol. The van der Waals surface area contributed by atoms with Crippen LogP contribution in [0.25, 0.3) is 10.8 Å². The molecule has 2 N–H and O–H groups in total. The van der Waals surface area contributed by atoms with Crippen molar-refractivity contribution < 1.29 is 0 Å². The minimum Gasteiger partial charge on any atom is -0.398 e. The van der Waals surface area contributed by atoms with Crippen LogP contribution in [0.3, 0.4) is 0 Å². The van der Waals surface area contributed by atoms with E-state index in [1.165, 1.54) is 18.2 Å². The molecule has 2 aliphatic rings. The van der Waals surface area contributed by atoms with Gasteiger partial charge in [0.05, 0.1) is 15.8 Å². The van der Waals surface area contributed by atoms with Crippen LogP contribution in [-0.2, 0) is 0 Å². The predicted octanol–water partition coefficient (Wildman–Crippen LogP) is -0.537. The molecule has 0 spiro atoms. The Bertz CT molecular complexity index is 1090. The van der Waals surface area contributed by atoms with Gasteiger partial charge in [-0.15, -0.1) is 0 Å². The van der Waals surface area contributed by atoms with Gasteiger partial charge < -0.3 is 5.73 Å². The first kappa shape index (κ1) is 11.3. The molecule has 0 bridgehead atoms. The van der Waals surface area contributed by atoms with Gasteiger partial charge in [0.15, 0.2) is 16.3 Å². The molecule has 3 rings (SSSR count). The lowest BCUT2D eigenvalue weighted by Crippen LogP contribution is -2.28. The van der Waals surface area contributed by atoms with Crippen LogP contribution in [0.2, 0.25) is 0 Å². The van der Waals surface area contributed by atoms with Crippen molar-refractivity contribution in [3.63, 3.8) is 0 Å². The van der Waals surface area contributed by atoms with Gasteiger partial charge in [-0.2, -0.15) is 0 Å². The minimum absolute atomic E-state index is 0.00250. The SMILES string of the molecule is Nc1cccc2c(=O)c3c(=O)ccc(=O)c=3c(=O)c12. The van der Waals surface area contributed by atoms with Crippen molar-refractivity contribution in [2.45, 2.75) is 0 Å². The Morgan fingerprint density at radius 3 is 1.95 bits per heavy atom. The van der Waals surface area contributed by atoms with E-state index in [9.17, 15) is 19.2 Å². The molecular formula is C14H7NO4. The Hall–Kier alpha value is -2.82. The molecule has 92 valence electrons. The smallest absolute Gasteiger partial charge is 0.200 e. The quantitative estimate of drug-likeness (QED) is 0.543. The summed E-state index contributed by atoms with van der Waals surface area (Å²) in [6.45, 7) is 0. The van der Waals surface area contributed by atoms with E-state index in [1.807, 2.05) is 0 Å². The maximum atomic E-state index is 12.3. The summed E-state index contributed by atoms with van der Waals surface area (Å²) < 4.78 is 0. The molecule has 5 heteroatoms. The maximum Gasteiger partial charge on any atom is 0.200 e. The molecule has 0 unspecified atom stereocenters. The number of rotatable bonds is 0. The number of hydrogen-bond donors (Lipinski definition) is 1. The standard InChI is InChI=1S/C14H7NO4/c15-7-3-1-2-6-10(7)14(19)12-9(17)5-4-8(16)11(12)13(6)18/h1-5H,15H2. The Balaban J connectivity index is 3.02. The first-order valence-corrected chi connectivity index (χ1v) is 5.51. The average molecular weight is 253 g/mol. The second kappa shape index (κ2) is 3.58. The van der Waals surface area contributed by atoms with Crippen LogP contribution < -0.4 is 27.4 Å². The number of hydrogen-bond acceptors (Lipinski definition) is 5. The predicted molar refractivity (Wildman–Crippen MR) is 71.1 cm³/mol. The molecule has 2 aliphatic carbocycles. The van der Waals surface area contributed by atoms with Gasteiger partial charge in [0.25, 0.3) is 0 Å². The number of benzene rings is 1. The summed E-state index contributed by atoms with van der Waals surface area (Å²) >= 11 is 0. The van der Waals surface area contributed by atoms with E-state index in [1.54, 1.807) is 0 Å². The molecule has 0 aliphatic heterocycles. The highest BCUT2D eigenvalue weighted by Gasteiger charge is 2.13. The average Bonchev–Trinajstić information content (AvgIpc) is 2.38. The fourth-order valence-corrected chi connectivity index (χ4v) is 2.29. The highest BCUT2D eigenvalue weighted by atomic mass is 16.1. The topological polar surface area (TPSA) is 94.3 Å². The zero-order valence-corrected chi connectivity index (χ0v) is 9.60. The fraction of sp³-hybridized carbons (Fsp3) is 0. The molecule has 0 amide bonds. The van der Waals surface area contributed by atoms with Gasteiger partial charge in [-0.25, -0.2) is 0 Å². The van der Waals surface area contributed by atoms with E-state index in [4.69, 9.17) is 5.73 Å². The van der Waals surface area contributed by atoms with Crippen molar-refractivity contribution in [3.05, 3.63) is 81.7 Å². The number of fused-ring (bicyclic) bond motifs is 1. The largest absolute Gasteiger partial charge is 0.398 e. The fourth-order valence-electron chi connectivity index (χ4n) is 2.29. The Kier molecular flexibility index (Phi) is 2.13. The van der Waals surface area contributed by atoms with Crippen molar-refractivity contribution in [2.75, 3.05) is 5.73 Å². The summed E-state index contributed by atoms with van der Waals surface area (Å²) in [5.74, 6) is 0. The lowest BCUT2D eigenvalue weighted by molar-refractivity contribution is 1.31. The highest BCUT2D eigenvalue weighted by Crippen LogP contribution is 2.13. The first-order valence-electron chi connectivity index (χ1n) is 5.51. The monoisotopic (exact) mass is 253 g/mol. The molecule has 1 aromatic rings. The molecule has 0 atom stereocenters. The number of nitrogen functional groups attached to an aromatic ring is 1. The normalized spacial score (nSPS) is 11.2. The van der Waals surface area contributed by atoms with Gasteiger partial charge in [-0.3, -0.25) is 19.2 Å². The van der Waals surface area contributed by atoms with E-state index in [-0.39, 0.29) is 26.9 Å². The number of nitrogens with two attached hydrogens (primary N) is 1. The molecule has 19 heavy (non-hydrogen) atoms. The lowest BCUT2D eigenvalue weighted by Gasteiger charge is -2.00. The van der Waals surface area contributed by atoms with Gasteiger partial charge >= 0.3 is 0 Å².